The van der Waals surface area contributed by atoms with Crippen LogP contribution in [0, 0.1) is 12.8 Å². The summed E-state index contributed by atoms with van der Waals surface area (Å²) in [7, 11) is 2.13. The van der Waals surface area contributed by atoms with E-state index in [1.54, 1.807) is 0 Å². The van der Waals surface area contributed by atoms with E-state index in [1.165, 1.54) is 12.8 Å². The molecule has 0 aliphatic heterocycles. The average molecular weight is 312 g/mol. The Morgan fingerprint density at radius 1 is 1.39 bits per heavy atom. The van der Waals surface area contributed by atoms with E-state index in [2.05, 4.69) is 57.8 Å². The molecule has 0 aromatic carbocycles. The number of halogens is 1. The van der Waals surface area contributed by atoms with Crippen molar-refractivity contribution in [3.8, 4) is 0 Å². The Hall–Kier alpha value is -0.640. The lowest BCUT2D eigenvalue weighted by molar-refractivity contribution is 0.338. The minimum Gasteiger partial charge on any atom is -0.359 e. The molecule has 1 fully saturated rings. The molecule has 1 aromatic heterocycles. The van der Waals surface area contributed by atoms with Gasteiger partial charge in [-0.2, -0.15) is 0 Å². The van der Waals surface area contributed by atoms with Crippen LogP contribution in [0.15, 0.2) is 6.07 Å². The van der Waals surface area contributed by atoms with Gasteiger partial charge >= 0.3 is 0 Å². The Morgan fingerprint density at radius 3 is 2.61 bits per heavy atom. The quantitative estimate of drug-likeness (QED) is 0.797. The summed E-state index contributed by atoms with van der Waals surface area (Å²) in [5.41, 5.74) is 1.06. The Morgan fingerprint density at radius 2 is 2.06 bits per heavy atom. The summed E-state index contributed by atoms with van der Waals surface area (Å²) in [4.78, 5) is 12.2. The van der Waals surface area contributed by atoms with Gasteiger partial charge in [0.15, 0.2) is 0 Å². The minimum atomic E-state index is 0.382. The zero-order valence-corrected chi connectivity index (χ0v) is 13.2. The van der Waals surface area contributed by atoms with Crippen LogP contribution in [0.1, 0.15) is 44.1 Å². The number of aryl methyl sites for hydroxylation is 1. The molecule has 3 nitrogen and oxygen atoms in total. The minimum absolute atomic E-state index is 0.382. The van der Waals surface area contributed by atoms with Crippen molar-refractivity contribution in [2.24, 2.45) is 5.92 Å². The van der Waals surface area contributed by atoms with Gasteiger partial charge in [-0.25, -0.2) is 9.97 Å². The lowest BCUT2D eigenvalue weighted by atomic mass is 9.85. The standard InChI is InChI=1S/C14H22BrN3/c1-9(2)14-16-10(3)5-13(17-14)18(4)8-11-6-12(15)7-11/h5,9,11-12H,6-8H2,1-4H3. The Bertz CT molecular complexity index is 414. The van der Waals surface area contributed by atoms with Gasteiger partial charge in [0.2, 0.25) is 0 Å². The molecule has 0 saturated heterocycles. The molecule has 0 unspecified atom stereocenters. The van der Waals surface area contributed by atoms with Gasteiger partial charge in [0, 0.05) is 36.1 Å². The van der Waals surface area contributed by atoms with Crippen LogP contribution in [0.2, 0.25) is 0 Å². The van der Waals surface area contributed by atoms with E-state index in [0.29, 0.717) is 5.92 Å². The van der Waals surface area contributed by atoms with Crippen LogP contribution >= 0.6 is 15.9 Å². The first-order chi connectivity index (χ1) is 8.45. The fraction of sp³-hybridized carbons (Fsp3) is 0.714. The normalized spacial score (nSPS) is 23.0. The molecule has 1 saturated carbocycles. The maximum absolute atomic E-state index is 4.67. The largest absolute Gasteiger partial charge is 0.359 e. The van der Waals surface area contributed by atoms with Gasteiger partial charge in [0.25, 0.3) is 0 Å². The third kappa shape index (κ3) is 3.22. The van der Waals surface area contributed by atoms with E-state index < -0.39 is 0 Å². The van der Waals surface area contributed by atoms with Crippen molar-refractivity contribution in [1.82, 2.24) is 9.97 Å². The van der Waals surface area contributed by atoms with E-state index in [-0.39, 0.29) is 0 Å². The second-order valence-corrected chi connectivity index (χ2v) is 6.99. The first-order valence-corrected chi connectivity index (χ1v) is 7.58. The molecule has 1 aromatic rings. The van der Waals surface area contributed by atoms with Gasteiger partial charge in [0.05, 0.1) is 0 Å². The van der Waals surface area contributed by atoms with Crippen molar-refractivity contribution in [2.45, 2.75) is 44.4 Å². The highest BCUT2D eigenvalue weighted by Crippen LogP contribution is 2.34. The number of hydrogen-bond donors (Lipinski definition) is 0. The van der Waals surface area contributed by atoms with Gasteiger partial charge < -0.3 is 4.90 Å². The van der Waals surface area contributed by atoms with Crippen molar-refractivity contribution in [1.29, 1.82) is 0 Å². The maximum Gasteiger partial charge on any atom is 0.133 e. The molecule has 0 amide bonds. The highest BCUT2D eigenvalue weighted by atomic mass is 79.9. The Labute approximate surface area is 118 Å². The number of anilines is 1. The molecule has 1 aliphatic rings. The third-order valence-electron chi connectivity index (χ3n) is 3.48. The molecule has 0 bridgehead atoms. The lowest BCUT2D eigenvalue weighted by Gasteiger charge is -2.34. The average Bonchev–Trinajstić information content (AvgIpc) is 2.26. The number of rotatable bonds is 4. The molecular formula is C14H22BrN3. The van der Waals surface area contributed by atoms with Gasteiger partial charge in [-0.15, -0.1) is 0 Å². The summed E-state index contributed by atoms with van der Waals surface area (Å²) < 4.78 is 0. The summed E-state index contributed by atoms with van der Waals surface area (Å²) in [5.74, 6) is 3.19. The monoisotopic (exact) mass is 311 g/mol. The molecule has 0 N–H and O–H groups in total. The second kappa shape index (κ2) is 5.55. The predicted octanol–water partition coefficient (Wildman–Crippen LogP) is 3.52. The van der Waals surface area contributed by atoms with Crippen molar-refractivity contribution < 1.29 is 0 Å². The van der Waals surface area contributed by atoms with Crippen LogP contribution in [-0.4, -0.2) is 28.4 Å². The van der Waals surface area contributed by atoms with E-state index in [1.807, 2.05) is 6.92 Å². The molecular weight excluding hydrogens is 290 g/mol. The van der Waals surface area contributed by atoms with Crippen LogP contribution in [-0.2, 0) is 0 Å². The zero-order valence-electron chi connectivity index (χ0n) is 11.7. The Balaban J connectivity index is 2.07. The molecule has 0 radical (unpaired) electrons. The fourth-order valence-corrected chi connectivity index (χ4v) is 3.37. The molecule has 1 aliphatic carbocycles. The first kappa shape index (κ1) is 13.8. The summed E-state index contributed by atoms with van der Waals surface area (Å²) in [6, 6.07) is 2.08. The third-order valence-corrected chi connectivity index (χ3v) is 4.22. The van der Waals surface area contributed by atoms with Gasteiger partial charge in [-0.05, 0) is 25.7 Å². The molecule has 1 heterocycles. The van der Waals surface area contributed by atoms with Crippen molar-refractivity contribution in [3.05, 3.63) is 17.6 Å². The number of nitrogens with zero attached hydrogens (tertiary/aromatic N) is 3. The van der Waals surface area contributed by atoms with Crippen LogP contribution in [0.4, 0.5) is 5.82 Å². The van der Waals surface area contributed by atoms with Crippen molar-refractivity contribution in [2.75, 3.05) is 18.5 Å². The number of hydrogen-bond acceptors (Lipinski definition) is 3. The molecule has 4 heteroatoms. The van der Waals surface area contributed by atoms with Gasteiger partial charge in [0.1, 0.15) is 11.6 Å². The smallest absolute Gasteiger partial charge is 0.133 e. The number of alkyl halides is 1. The molecule has 0 spiro atoms. The molecule has 100 valence electrons. The predicted molar refractivity (Wildman–Crippen MR) is 79.6 cm³/mol. The van der Waals surface area contributed by atoms with E-state index in [9.17, 15) is 0 Å². The summed E-state index contributed by atoms with van der Waals surface area (Å²) in [5, 5.41) is 0. The van der Waals surface area contributed by atoms with E-state index in [0.717, 1.165) is 34.6 Å². The zero-order chi connectivity index (χ0) is 13.3. The SMILES string of the molecule is Cc1cc(N(C)CC2CC(Br)C2)nc(C(C)C)n1. The lowest BCUT2D eigenvalue weighted by Crippen LogP contribution is -2.35. The summed E-state index contributed by atoms with van der Waals surface area (Å²) >= 11 is 3.64. The van der Waals surface area contributed by atoms with Crippen LogP contribution < -0.4 is 4.90 Å². The van der Waals surface area contributed by atoms with Crippen molar-refractivity contribution in [3.63, 3.8) is 0 Å². The van der Waals surface area contributed by atoms with Gasteiger partial charge in [-0.3, -0.25) is 0 Å². The molecule has 2 rings (SSSR count). The molecule has 18 heavy (non-hydrogen) atoms. The topological polar surface area (TPSA) is 29.0 Å². The Kier molecular flexibility index (Phi) is 4.25. The van der Waals surface area contributed by atoms with Crippen molar-refractivity contribution >= 4 is 21.7 Å². The second-order valence-electron chi connectivity index (χ2n) is 5.70. The van der Waals surface area contributed by atoms with E-state index >= 15 is 0 Å². The van der Waals surface area contributed by atoms with Crippen LogP contribution in [0.25, 0.3) is 0 Å². The first-order valence-electron chi connectivity index (χ1n) is 6.66. The molecule has 0 atom stereocenters. The fourth-order valence-electron chi connectivity index (χ4n) is 2.31. The van der Waals surface area contributed by atoms with E-state index in [4.69, 9.17) is 0 Å². The van der Waals surface area contributed by atoms with Crippen LogP contribution in [0.5, 0.6) is 0 Å². The van der Waals surface area contributed by atoms with Gasteiger partial charge in [-0.1, -0.05) is 29.8 Å². The summed E-state index contributed by atoms with van der Waals surface area (Å²) in [6.45, 7) is 7.42. The highest BCUT2D eigenvalue weighted by Gasteiger charge is 2.28. The van der Waals surface area contributed by atoms with Crippen LogP contribution in [0.3, 0.4) is 0 Å². The summed E-state index contributed by atoms with van der Waals surface area (Å²) in [6.07, 6.45) is 2.57. The number of aromatic nitrogens is 2. The maximum atomic E-state index is 4.67. The highest BCUT2D eigenvalue weighted by molar-refractivity contribution is 9.09.